The van der Waals surface area contributed by atoms with Gasteiger partial charge in [-0.05, 0) is 19.9 Å². The van der Waals surface area contributed by atoms with E-state index in [1.54, 1.807) is 24.0 Å². The summed E-state index contributed by atoms with van der Waals surface area (Å²) in [6.07, 6.45) is 1.40. The lowest BCUT2D eigenvalue weighted by Crippen LogP contribution is -2.48. The van der Waals surface area contributed by atoms with E-state index in [2.05, 4.69) is 23.8 Å². The maximum Gasteiger partial charge on any atom is 0.213 e. The number of ether oxygens (including phenoxy) is 1. The van der Waals surface area contributed by atoms with Crippen LogP contribution in [-0.2, 0) is 11.8 Å². The Morgan fingerprint density at radius 1 is 1.59 bits per heavy atom. The van der Waals surface area contributed by atoms with E-state index < -0.39 is 0 Å². The monoisotopic (exact) mass is 237 g/mol. The Hall–Kier alpha value is -1.20. The second-order valence-electron chi connectivity index (χ2n) is 4.69. The number of ketones is 1. The molecule has 1 saturated heterocycles. The highest BCUT2D eigenvalue weighted by Crippen LogP contribution is 2.12. The molecule has 1 fully saturated rings. The van der Waals surface area contributed by atoms with Crippen molar-refractivity contribution in [2.75, 3.05) is 19.7 Å². The number of morpholine rings is 1. The Kier molecular flexibility index (Phi) is 3.59. The van der Waals surface area contributed by atoms with Crippen LogP contribution in [0, 0.1) is 0 Å². The van der Waals surface area contributed by atoms with Gasteiger partial charge in [-0.3, -0.25) is 14.4 Å². The minimum atomic E-state index is -0.374. The number of hydrogen-bond acceptors (Lipinski definition) is 4. The molecule has 0 bridgehead atoms. The van der Waals surface area contributed by atoms with E-state index in [1.165, 1.54) is 0 Å². The molecule has 1 unspecified atom stereocenters. The van der Waals surface area contributed by atoms with Gasteiger partial charge in [0.2, 0.25) is 5.78 Å². The largest absolute Gasteiger partial charge is 0.367 e. The van der Waals surface area contributed by atoms with Gasteiger partial charge in [0.25, 0.3) is 0 Å². The van der Waals surface area contributed by atoms with Crippen molar-refractivity contribution in [3.8, 4) is 0 Å². The van der Waals surface area contributed by atoms with Crippen LogP contribution in [0.15, 0.2) is 12.3 Å². The van der Waals surface area contributed by atoms with E-state index in [4.69, 9.17) is 4.74 Å². The molecular weight excluding hydrogens is 218 g/mol. The van der Waals surface area contributed by atoms with Crippen molar-refractivity contribution in [2.24, 2.45) is 7.05 Å². The average molecular weight is 237 g/mol. The molecule has 0 spiro atoms. The van der Waals surface area contributed by atoms with Gasteiger partial charge in [-0.1, -0.05) is 0 Å². The molecule has 5 nitrogen and oxygen atoms in total. The van der Waals surface area contributed by atoms with Gasteiger partial charge >= 0.3 is 0 Å². The summed E-state index contributed by atoms with van der Waals surface area (Å²) in [7, 11) is 1.80. The van der Waals surface area contributed by atoms with Crippen LogP contribution in [0.25, 0.3) is 0 Å². The number of Topliss-reactive ketones (excluding diaryl/α,β-unsaturated/α-hetero) is 1. The first-order valence-corrected chi connectivity index (χ1v) is 5.97. The Balaban J connectivity index is 2.04. The van der Waals surface area contributed by atoms with Crippen LogP contribution in [0.2, 0.25) is 0 Å². The Morgan fingerprint density at radius 3 is 2.94 bits per heavy atom. The van der Waals surface area contributed by atoms with Crippen LogP contribution in [0.3, 0.4) is 0 Å². The Bertz CT molecular complexity index is 400. The fourth-order valence-corrected chi connectivity index (χ4v) is 2.01. The quantitative estimate of drug-likeness (QED) is 0.726. The van der Waals surface area contributed by atoms with Crippen LogP contribution >= 0.6 is 0 Å². The molecule has 0 radical (unpaired) electrons. The van der Waals surface area contributed by atoms with Gasteiger partial charge in [0.1, 0.15) is 11.8 Å². The van der Waals surface area contributed by atoms with Gasteiger partial charge in [0, 0.05) is 32.4 Å². The highest BCUT2D eigenvalue weighted by Gasteiger charge is 2.29. The predicted molar refractivity (Wildman–Crippen MR) is 64.0 cm³/mol. The van der Waals surface area contributed by atoms with Gasteiger partial charge in [0.05, 0.1) is 6.61 Å². The first kappa shape index (κ1) is 12.3. The van der Waals surface area contributed by atoms with Gasteiger partial charge in [-0.2, -0.15) is 5.10 Å². The maximum atomic E-state index is 12.2. The predicted octanol–water partition coefficient (Wildman–Crippen LogP) is 0.712. The summed E-state index contributed by atoms with van der Waals surface area (Å²) in [6, 6.07) is 2.18. The summed E-state index contributed by atoms with van der Waals surface area (Å²) in [4.78, 5) is 14.4. The third-order valence-corrected chi connectivity index (χ3v) is 3.09. The molecule has 0 aliphatic carbocycles. The SMILES string of the molecule is CC(C)N1CCOC(C(=O)c2ccn(C)n2)C1. The number of carbonyl (C=O) groups is 1. The Morgan fingerprint density at radius 2 is 2.35 bits per heavy atom. The van der Waals surface area contributed by atoms with Crippen LogP contribution in [0.1, 0.15) is 24.3 Å². The van der Waals surface area contributed by atoms with Crippen LogP contribution in [0.4, 0.5) is 0 Å². The molecule has 0 N–H and O–H groups in total. The zero-order valence-corrected chi connectivity index (χ0v) is 10.6. The number of aryl methyl sites for hydroxylation is 1. The summed E-state index contributed by atoms with van der Waals surface area (Å²) in [5.41, 5.74) is 0.489. The van der Waals surface area contributed by atoms with E-state index in [-0.39, 0.29) is 11.9 Å². The van der Waals surface area contributed by atoms with E-state index >= 15 is 0 Å². The zero-order valence-electron chi connectivity index (χ0n) is 10.6. The summed E-state index contributed by atoms with van der Waals surface area (Å²) >= 11 is 0. The zero-order chi connectivity index (χ0) is 12.4. The third kappa shape index (κ3) is 2.73. The minimum absolute atomic E-state index is 0.0176. The molecule has 5 heteroatoms. The minimum Gasteiger partial charge on any atom is -0.367 e. The summed E-state index contributed by atoms with van der Waals surface area (Å²) in [6.45, 7) is 6.43. The number of nitrogens with zero attached hydrogens (tertiary/aromatic N) is 3. The number of rotatable bonds is 3. The van der Waals surface area contributed by atoms with Crippen LogP contribution in [-0.4, -0.2) is 52.3 Å². The van der Waals surface area contributed by atoms with E-state index in [0.29, 0.717) is 24.9 Å². The van der Waals surface area contributed by atoms with Crippen molar-refractivity contribution < 1.29 is 9.53 Å². The maximum absolute atomic E-state index is 12.2. The van der Waals surface area contributed by atoms with Crippen molar-refractivity contribution in [3.63, 3.8) is 0 Å². The lowest BCUT2D eigenvalue weighted by Gasteiger charge is -2.34. The smallest absolute Gasteiger partial charge is 0.213 e. The normalized spacial score (nSPS) is 22.0. The summed E-state index contributed by atoms with van der Waals surface area (Å²) < 4.78 is 7.18. The molecule has 0 aromatic carbocycles. The van der Waals surface area contributed by atoms with Gasteiger partial charge in [-0.15, -0.1) is 0 Å². The average Bonchev–Trinajstić information content (AvgIpc) is 2.75. The topological polar surface area (TPSA) is 47.4 Å². The van der Waals surface area contributed by atoms with Crippen molar-refractivity contribution in [1.82, 2.24) is 14.7 Å². The number of aromatic nitrogens is 2. The lowest BCUT2D eigenvalue weighted by atomic mass is 10.1. The summed E-state index contributed by atoms with van der Waals surface area (Å²) in [5.74, 6) is -0.0176. The molecule has 0 amide bonds. The molecule has 1 aliphatic rings. The first-order valence-electron chi connectivity index (χ1n) is 5.97. The van der Waals surface area contributed by atoms with Crippen molar-refractivity contribution in [3.05, 3.63) is 18.0 Å². The standard InChI is InChI=1S/C12H19N3O2/c1-9(2)15-6-7-17-11(8-15)12(16)10-4-5-14(3)13-10/h4-5,9,11H,6-8H2,1-3H3. The lowest BCUT2D eigenvalue weighted by molar-refractivity contribution is -0.0258. The molecule has 1 atom stereocenters. The molecule has 1 aromatic rings. The fraction of sp³-hybridized carbons (Fsp3) is 0.667. The molecular formula is C12H19N3O2. The van der Waals surface area contributed by atoms with Gasteiger partial charge in [0.15, 0.2) is 0 Å². The third-order valence-electron chi connectivity index (χ3n) is 3.09. The molecule has 1 aromatic heterocycles. The van der Waals surface area contributed by atoms with Gasteiger partial charge < -0.3 is 4.74 Å². The highest BCUT2D eigenvalue weighted by molar-refractivity contribution is 5.97. The molecule has 17 heavy (non-hydrogen) atoms. The van der Waals surface area contributed by atoms with Gasteiger partial charge in [-0.25, -0.2) is 0 Å². The van der Waals surface area contributed by atoms with E-state index in [1.807, 2.05) is 0 Å². The fourth-order valence-electron chi connectivity index (χ4n) is 2.01. The molecule has 2 heterocycles. The van der Waals surface area contributed by atoms with E-state index in [9.17, 15) is 4.79 Å². The highest BCUT2D eigenvalue weighted by atomic mass is 16.5. The van der Waals surface area contributed by atoms with Crippen molar-refractivity contribution in [2.45, 2.75) is 26.0 Å². The number of hydrogen-bond donors (Lipinski definition) is 0. The van der Waals surface area contributed by atoms with Crippen molar-refractivity contribution >= 4 is 5.78 Å². The molecule has 1 aliphatic heterocycles. The first-order chi connectivity index (χ1) is 8.08. The molecule has 94 valence electrons. The second-order valence-corrected chi connectivity index (χ2v) is 4.69. The summed E-state index contributed by atoms with van der Waals surface area (Å²) in [5, 5.41) is 4.12. The Labute approximate surface area is 101 Å². The molecule has 0 saturated carbocycles. The van der Waals surface area contributed by atoms with Crippen molar-refractivity contribution in [1.29, 1.82) is 0 Å². The second kappa shape index (κ2) is 4.98. The van der Waals surface area contributed by atoms with Crippen LogP contribution < -0.4 is 0 Å². The molecule has 2 rings (SSSR count). The van der Waals surface area contributed by atoms with E-state index in [0.717, 1.165) is 6.54 Å². The number of carbonyl (C=O) groups excluding carboxylic acids is 1. The van der Waals surface area contributed by atoms with Crippen LogP contribution in [0.5, 0.6) is 0 Å².